The van der Waals surface area contributed by atoms with Crippen LogP contribution in [0, 0.1) is 0 Å². The van der Waals surface area contributed by atoms with Crippen LogP contribution >= 0.6 is 0 Å². The molecule has 1 atom stereocenters. The maximum atomic E-state index is 12.1. The maximum absolute atomic E-state index is 12.1. The van der Waals surface area contributed by atoms with Crippen LogP contribution in [0.5, 0.6) is 0 Å². The molecule has 6 heteroatoms. The Morgan fingerprint density at radius 1 is 1.17 bits per heavy atom. The van der Waals surface area contributed by atoms with Crippen LogP contribution in [-0.4, -0.2) is 43.4 Å². The predicted octanol–water partition coefficient (Wildman–Crippen LogP) is 1.63. The van der Waals surface area contributed by atoms with Gasteiger partial charge in [-0.2, -0.15) is 0 Å². The van der Waals surface area contributed by atoms with Crippen molar-refractivity contribution in [2.75, 3.05) is 19.8 Å². The van der Waals surface area contributed by atoms with Gasteiger partial charge in [-0.3, -0.25) is 14.9 Å². The number of hydrogen-bond donors (Lipinski definition) is 2. The fourth-order valence-corrected chi connectivity index (χ4v) is 3.72. The quantitative estimate of drug-likeness (QED) is 0.612. The number of carbonyl (C=O) groups is 2. The first-order chi connectivity index (χ1) is 11.6. The Hall–Kier alpha value is -1.76. The molecule has 0 spiro atoms. The van der Waals surface area contributed by atoms with Crippen LogP contribution in [0.1, 0.15) is 53.0 Å². The molecule has 2 N–H and O–H groups in total. The summed E-state index contributed by atoms with van der Waals surface area (Å²) in [6, 6.07) is 5.56. The summed E-state index contributed by atoms with van der Waals surface area (Å²) in [4.78, 5) is 23.9. The molecule has 0 aliphatic carbocycles. The van der Waals surface area contributed by atoms with E-state index < -0.39 is 5.79 Å². The molecule has 2 aliphatic rings. The van der Waals surface area contributed by atoms with Gasteiger partial charge in [0, 0.05) is 38.6 Å². The first kappa shape index (κ1) is 17.1. The van der Waals surface area contributed by atoms with E-state index in [-0.39, 0.29) is 17.9 Å². The lowest BCUT2D eigenvalue weighted by molar-refractivity contribution is -0.250. The highest BCUT2D eigenvalue weighted by Gasteiger charge is 2.38. The van der Waals surface area contributed by atoms with E-state index in [0.29, 0.717) is 37.2 Å². The third-order valence-electron chi connectivity index (χ3n) is 4.63. The molecule has 6 nitrogen and oxygen atoms in total. The first-order valence-corrected chi connectivity index (χ1v) is 8.57. The highest BCUT2D eigenvalue weighted by Crippen LogP contribution is 2.30. The van der Waals surface area contributed by atoms with Crippen molar-refractivity contribution >= 4 is 11.8 Å². The summed E-state index contributed by atoms with van der Waals surface area (Å²) in [5.41, 5.74) is 1.86. The molecule has 1 aromatic carbocycles. The number of imide groups is 1. The van der Waals surface area contributed by atoms with E-state index in [1.165, 1.54) is 0 Å². The molecule has 1 fully saturated rings. The Morgan fingerprint density at radius 2 is 1.92 bits per heavy atom. The summed E-state index contributed by atoms with van der Waals surface area (Å²) in [6.07, 6.45) is 2.18. The van der Waals surface area contributed by atoms with Gasteiger partial charge in [-0.05, 0) is 31.9 Å². The van der Waals surface area contributed by atoms with Crippen molar-refractivity contribution in [2.24, 2.45) is 0 Å². The van der Waals surface area contributed by atoms with Gasteiger partial charge in [0.15, 0.2) is 5.79 Å². The number of fused-ring (bicyclic) bond motifs is 1. The van der Waals surface area contributed by atoms with Crippen LogP contribution in [0.4, 0.5) is 0 Å². The van der Waals surface area contributed by atoms with Gasteiger partial charge in [-0.15, -0.1) is 0 Å². The van der Waals surface area contributed by atoms with Crippen molar-refractivity contribution in [3.63, 3.8) is 0 Å². The van der Waals surface area contributed by atoms with Crippen LogP contribution < -0.4 is 10.6 Å². The van der Waals surface area contributed by atoms with Crippen molar-refractivity contribution in [1.82, 2.24) is 10.6 Å². The van der Waals surface area contributed by atoms with Crippen LogP contribution in [-0.2, 0) is 15.9 Å². The molecule has 0 aromatic heterocycles. The zero-order chi connectivity index (χ0) is 17.2. The summed E-state index contributed by atoms with van der Waals surface area (Å²) in [5.74, 6) is -1.18. The smallest absolute Gasteiger partial charge is 0.259 e. The second-order valence-electron chi connectivity index (χ2n) is 6.21. The van der Waals surface area contributed by atoms with Gasteiger partial charge < -0.3 is 14.8 Å². The van der Waals surface area contributed by atoms with Crippen LogP contribution in [0.3, 0.4) is 0 Å². The fraction of sp³-hybridized carbons (Fsp3) is 0.556. The number of piperidine rings is 1. The number of ether oxygens (including phenoxy) is 2. The minimum Gasteiger partial charge on any atom is -0.350 e. The van der Waals surface area contributed by atoms with Crippen LogP contribution in [0.2, 0.25) is 0 Å². The first-order valence-electron chi connectivity index (χ1n) is 8.57. The van der Waals surface area contributed by atoms with E-state index >= 15 is 0 Å². The van der Waals surface area contributed by atoms with Crippen molar-refractivity contribution in [3.05, 3.63) is 34.9 Å². The van der Waals surface area contributed by atoms with Gasteiger partial charge in [0.1, 0.15) is 0 Å². The number of nitrogens with one attached hydrogen (secondary N) is 2. The van der Waals surface area contributed by atoms with Gasteiger partial charge >= 0.3 is 0 Å². The molecule has 24 heavy (non-hydrogen) atoms. The highest BCUT2D eigenvalue weighted by atomic mass is 16.7. The fourth-order valence-electron chi connectivity index (χ4n) is 3.72. The number of benzene rings is 1. The number of carbonyl (C=O) groups excluding carboxylic acids is 2. The van der Waals surface area contributed by atoms with Crippen molar-refractivity contribution < 1.29 is 19.1 Å². The number of rotatable bonds is 6. The predicted molar refractivity (Wildman–Crippen MR) is 89.0 cm³/mol. The van der Waals surface area contributed by atoms with E-state index in [2.05, 4.69) is 10.6 Å². The highest BCUT2D eigenvalue weighted by molar-refractivity contribution is 6.22. The van der Waals surface area contributed by atoms with Gasteiger partial charge in [-0.25, -0.2) is 0 Å². The topological polar surface area (TPSA) is 76.7 Å². The third-order valence-corrected chi connectivity index (χ3v) is 4.63. The molecular formula is C18H24N2O4. The summed E-state index contributed by atoms with van der Waals surface area (Å²) in [5, 5.41) is 5.85. The Morgan fingerprint density at radius 3 is 2.62 bits per heavy atom. The summed E-state index contributed by atoms with van der Waals surface area (Å²) in [6.45, 7) is 5.94. The molecule has 2 amide bonds. The summed E-state index contributed by atoms with van der Waals surface area (Å²) < 4.78 is 11.8. The van der Waals surface area contributed by atoms with Crippen molar-refractivity contribution in [1.29, 1.82) is 0 Å². The molecule has 0 saturated carbocycles. The van der Waals surface area contributed by atoms with E-state index in [1.54, 1.807) is 6.07 Å². The average Bonchev–Trinajstić information content (AvgIpc) is 2.84. The lowest BCUT2D eigenvalue weighted by atomic mass is 9.90. The van der Waals surface area contributed by atoms with Gasteiger partial charge in [0.05, 0.1) is 11.1 Å². The Bertz CT molecular complexity index is 632. The Kier molecular flexibility index (Phi) is 4.99. The zero-order valence-corrected chi connectivity index (χ0v) is 14.2. The van der Waals surface area contributed by atoms with Crippen LogP contribution in [0.25, 0.3) is 0 Å². The molecule has 3 rings (SSSR count). The monoisotopic (exact) mass is 332 g/mol. The molecule has 2 heterocycles. The van der Waals surface area contributed by atoms with Gasteiger partial charge in [-0.1, -0.05) is 12.1 Å². The molecular weight excluding hydrogens is 308 g/mol. The Labute approximate surface area is 141 Å². The van der Waals surface area contributed by atoms with Crippen molar-refractivity contribution in [3.8, 4) is 0 Å². The molecule has 1 aromatic rings. The minimum absolute atomic E-state index is 0.131. The van der Waals surface area contributed by atoms with E-state index in [1.807, 2.05) is 26.0 Å². The number of amides is 2. The van der Waals surface area contributed by atoms with Gasteiger partial charge in [0.25, 0.3) is 11.8 Å². The maximum Gasteiger partial charge on any atom is 0.259 e. The molecule has 0 radical (unpaired) electrons. The second kappa shape index (κ2) is 7.01. The number of hydrogen-bond acceptors (Lipinski definition) is 5. The molecule has 1 unspecified atom stereocenters. The van der Waals surface area contributed by atoms with E-state index in [4.69, 9.17) is 9.47 Å². The van der Waals surface area contributed by atoms with Gasteiger partial charge in [0.2, 0.25) is 0 Å². The molecule has 2 aliphatic heterocycles. The normalized spacial score (nSPS) is 22.3. The standard InChI is InChI=1S/C18H24N2O4/c1-3-23-18(24-4-2)8-9-19-13(11-18)10-12-6-5-7-14-15(12)17(22)20-16(14)21/h5-7,13,19H,3-4,8-11H2,1-2H3,(H,20,21,22). The summed E-state index contributed by atoms with van der Waals surface area (Å²) >= 11 is 0. The SMILES string of the molecule is CCOC1(OCC)CCNC(Cc2cccc3c2C(=O)NC3=O)C1. The van der Waals surface area contributed by atoms with Crippen LogP contribution in [0.15, 0.2) is 18.2 Å². The lowest BCUT2D eigenvalue weighted by Crippen LogP contribution is -2.52. The summed E-state index contributed by atoms with van der Waals surface area (Å²) in [7, 11) is 0. The average molecular weight is 332 g/mol. The molecule has 1 saturated heterocycles. The van der Waals surface area contributed by atoms with Crippen molar-refractivity contribution in [2.45, 2.75) is 44.9 Å². The Balaban J connectivity index is 1.80. The molecule has 0 bridgehead atoms. The van der Waals surface area contributed by atoms with E-state index in [9.17, 15) is 9.59 Å². The largest absolute Gasteiger partial charge is 0.350 e. The minimum atomic E-state index is -0.560. The lowest BCUT2D eigenvalue weighted by Gasteiger charge is -2.40. The molecule has 130 valence electrons. The second-order valence-corrected chi connectivity index (χ2v) is 6.21. The van der Waals surface area contributed by atoms with E-state index in [0.717, 1.165) is 18.5 Å². The zero-order valence-electron chi connectivity index (χ0n) is 14.2. The third kappa shape index (κ3) is 3.22.